The first kappa shape index (κ1) is 14.8. The lowest BCUT2D eigenvalue weighted by molar-refractivity contribution is -0.147. The van der Waals surface area contributed by atoms with Crippen LogP contribution in [0.4, 0.5) is 0 Å². The minimum Gasteiger partial charge on any atom is -0.490 e. The smallest absolute Gasteiger partial charge is 0.327 e. The van der Waals surface area contributed by atoms with Crippen molar-refractivity contribution >= 4 is 11.9 Å². The molecule has 1 N–H and O–H groups in total. The third kappa shape index (κ3) is 6.88. The van der Waals surface area contributed by atoms with Gasteiger partial charge in [-0.3, -0.25) is 4.79 Å². The van der Waals surface area contributed by atoms with Crippen LogP contribution in [0, 0.1) is 0 Å². The Morgan fingerprint density at radius 2 is 2.00 bits per heavy atom. The van der Waals surface area contributed by atoms with E-state index >= 15 is 0 Å². The highest BCUT2D eigenvalue weighted by Crippen LogP contribution is 2.10. The summed E-state index contributed by atoms with van der Waals surface area (Å²) in [6, 6.07) is 9.11. The largest absolute Gasteiger partial charge is 0.490 e. The van der Waals surface area contributed by atoms with E-state index < -0.39 is 18.0 Å². The number of para-hydroxylation sites is 1. The van der Waals surface area contributed by atoms with Crippen molar-refractivity contribution in [3.05, 3.63) is 42.5 Å². The van der Waals surface area contributed by atoms with E-state index in [1.54, 1.807) is 12.1 Å². The van der Waals surface area contributed by atoms with Gasteiger partial charge in [0.15, 0.2) is 0 Å². The first-order valence-electron chi connectivity index (χ1n) is 5.82. The summed E-state index contributed by atoms with van der Waals surface area (Å²) < 4.78 is 10.5. The molecule has 1 aromatic carbocycles. The summed E-state index contributed by atoms with van der Waals surface area (Å²) in [5, 5.41) is 8.49. The van der Waals surface area contributed by atoms with Gasteiger partial charge in [0, 0.05) is 19.4 Å². The number of rotatable bonds is 7. The third-order valence-electron chi connectivity index (χ3n) is 2.17. The average molecular weight is 264 g/mol. The summed E-state index contributed by atoms with van der Waals surface area (Å²) >= 11 is 0. The maximum atomic E-state index is 10.9. The summed E-state index contributed by atoms with van der Waals surface area (Å²) in [5.74, 6) is -0.794. The van der Waals surface area contributed by atoms with Crippen LogP contribution in [0.25, 0.3) is 0 Å². The molecule has 0 aliphatic carbocycles. The Morgan fingerprint density at radius 1 is 1.32 bits per heavy atom. The van der Waals surface area contributed by atoms with Gasteiger partial charge < -0.3 is 14.6 Å². The Bertz CT molecular complexity index is 438. The van der Waals surface area contributed by atoms with Gasteiger partial charge in [0.25, 0.3) is 0 Å². The van der Waals surface area contributed by atoms with Crippen LogP contribution in [0.15, 0.2) is 42.5 Å². The number of hydrogen-bond donors (Lipinski definition) is 1. The van der Waals surface area contributed by atoms with E-state index in [-0.39, 0.29) is 6.61 Å². The molecule has 1 atom stereocenters. The van der Waals surface area contributed by atoms with Gasteiger partial charge in [-0.1, -0.05) is 24.3 Å². The number of aliphatic carboxylic acids is 1. The number of carboxylic acids is 1. The van der Waals surface area contributed by atoms with E-state index in [2.05, 4.69) is 0 Å². The molecular weight excluding hydrogens is 248 g/mol. The van der Waals surface area contributed by atoms with Gasteiger partial charge in [0.1, 0.15) is 18.5 Å². The molecule has 0 saturated carbocycles. The highest BCUT2D eigenvalue weighted by atomic mass is 16.6. The second kappa shape index (κ2) is 7.92. The van der Waals surface area contributed by atoms with Gasteiger partial charge in [0.2, 0.25) is 0 Å². The van der Waals surface area contributed by atoms with Crippen molar-refractivity contribution in [1.29, 1.82) is 0 Å². The van der Waals surface area contributed by atoms with E-state index in [0.29, 0.717) is 12.2 Å². The molecule has 1 unspecified atom stereocenters. The van der Waals surface area contributed by atoms with Gasteiger partial charge in [-0.2, -0.15) is 0 Å². The number of carbonyl (C=O) groups is 2. The molecule has 0 aliphatic rings. The first-order valence-corrected chi connectivity index (χ1v) is 5.82. The molecule has 5 nitrogen and oxygen atoms in total. The van der Waals surface area contributed by atoms with E-state index in [9.17, 15) is 9.59 Å². The van der Waals surface area contributed by atoms with Crippen LogP contribution in [-0.4, -0.2) is 29.8 Å². The molecule has 0 saturated heterocycles. The fourth-order valence-corrected chi connectivity index (χ4v) is 1.41. The third-order valence-corrected chi connectivity index (χ3v) is 2.17. The van der Waals surface area contributed by atoms with Crippen molar-refractivity contribution < 1.29 is 24.2 Å². The van der Waals surface area contributed by atoms with E-state index in [4.69, 9.17) is 14.6 Å². The number of benzene rings is 1. The van der Waals surface area contributed by atoms with Gasteiger partial charge >= 0.3 is 11.9 Å². The highest BCUT2D eigenvalue weighted by molar-refractivity contribution is 5.79. The average Bonchev–Trinajstić information content (AvgIpc) is 2.36. The number of carbonyl (C=O) groups excluding carboxylic acids is 1. The molecular formula is C14H16O5. The van der Waals surface area contributed by atoms with E-state index in [1.165, 1.54) is 13.0 Å². The molecule has 19 heavy (non-hydrogen) atoms. The molecule has 0 fully saturated rings. The molecule has 5 heteroatoms. The molecule has 0 amide bonds. The second-order valence-electron chi connectivity index (χ2n) is 3.83. The van der Waals surface area contributed by atoms with Crippen LogP contribution in [0.2, 0.25) is 0 Å². The topological polar surface area (TPSA) is 72.8 Å². The zero-order valence-corrected chi connectivity index (χ0v) is 10.6. The quantitative estimate of drug-likeness (QED) is 0.602. The summed E-state index contributed by atoms with van der Waals surface area (Å²) in [5.41, 5.74) is 0. The standard InChI is InChI=1S/C14H16O5/c1-11(15)19-13(8-5-9-14(16)17)10-18-12-6-3-2-4-7-12/h2-7,9,13H,8,10H2,1H3,(H,16,17). The number of ether oxygens (including phenoxy) is 2. The number of hydrogen-bond acceptors (Lipinski definition) is 4. The zero-order valence-electron chi connectivity index (χ0n) is 10.6. The van der Waals surface area contributed by atoms with E-state index in [1.807, 2.05) is 18.2 Å². The predicted octanol–water partition coefficient (Wildman–Crippen LogP) is 2.03. The fraction of sp³-hybridized carbons (Fsp3) is 0.286. The Balaban J connectivity index is 2.49. The summed E-state index contributed by atoms with van der Waals surface area (Å²) in [7, 11) is 0. The lowest BCUT2D eigenvalue weighted by Gasteiger charge is -2.16. The maximum Gasteiger partial charge on any atom is 0.327 e. The molecule has 0 spiro atoms. The molecule has 0 bridgehead atoms. The van der Waals surface area contributed by atoms with Crippen LogP contribution in [0.1, 0.15) is 13.3 Å². The molecule has 0 aliphatic heterocycles. The SMILES string of the molecule is CC(=O)OC(CC=CC(=O)O)COc1ccccc1. The van der Waals surface area contributed by atoms with Crippen LogP contribution < -0.4 is 4.74 Å². The Hall–Kier alpha value is -2.30. The van der Waals surface area contributed by atoms with Crippen molar-refractivity contribution in [3.63, 3.8) is 0 Å². The highest BCUT2D eigenvalue weighted by Gasteiger charge is 2.11. The van der Waals surface area contributed by atoms with Gasteiger partial charge in [-0.15, -0.1) is 0 Å². The first-order chi connectivity index (χ1) is 9.08. The number of carboxylic acid groups (broad SMARTS) is 1. The molecule has 1 aromatic rings. The molecule has 1 rings (SSSR count). The van der Waals surface area contributed by atoms with Crippen molar-refractivity contribution in [2.24, 2.45) is 0 Å². The molecule has 0 radical (unpaired) electrons. The number of esters is 1. The summed E-state index contributed by atoms with van der Waals surface area (Å²) in [6.07, 6.45) is 2.23. The minimum atomic E-state index is -1.04. The van der Waals surface area contributed by atoms with Crippen molar-refractivity contribution in [3.8, 4) is 5.75 Å². The van der Waals surface area contributed by atoms with Gasteiger partial charge in [-0.25, -0.2) is 4.79 Å². The van der Waals surface area contributed by atoms with Crippen molar-refractivity contribution in [1.82, 2.24) is 0 Å². The molecule has 102 valence electrons. The lowest BCUT2D eigenvalue weighted by Crippen LogP contribution is -2.23. The zero-order chi connectivity index (χ0) is 14.1. The second-order valence-corrected chi connectivity index (χ2v) is 3.83. The van der Waals surface area contributed by atoms with Crippen molar-refractivity contribution in [2.75, 3.05) is 6.61 Å². The summed E-state index contributed by atoms with van der Waals surface area (Å²) in [4.78, 5) is 21.3. The van der Waals surface area contributed by atoms with Crippen LogP contribution in [0.3, 0.4) is 0 Å². The van der Waals surface area contributed by atoms with Gasteiger partial charge in [-0.05, 0) is 12.1 Å². The lowest BCUT2D eigenvalue weighted by atomic mass is 10.2. The molecule has 0 aromatic heterocycles. The normalized spacial score (nSPS) is 12.1. The minimum absolute atomic E-state index is 0.174. The van der Waals surface area contributed by atoms with Crippen LogP contribution in [-0.2, 0) is 14.3 Å². The monoisotopic (exact) mass is 264 g/mol. The Kier molecular flexibility index (Phi) is 6.15. The van der Waals surface area contributed by atoms with Crippen LogP contribution in [0.5, 0.6) is 5.75 Å². The van der Waals surface area contributed by atoms with E-state index in [0.717, 1.165) is 6.08 Å². The maximum absolute atomic E-state index is 10.9. The summed E-state index contributed by atoms with van der Waals surface area (Å²) in [6.45, 7) is 1.48. The predicted molar refractivity (Wildman–Crippen MR) is 68.9 cm³/mol. The molecule has 0 heterocycles. The van der Waals surface area contributed by atoms with Crippen LogP contribution >= 0.6 is 0 Å². The Morgan fingerprint density at radius 3 is 2.58 bits per heavy atom. The van der Waals surface area contributed by atoms with Crippen molar-refractivity contribution in [2.45, 2.75) is 19.4 Å². The Labute approximate surface area is 111 Å². The fourth-order valence-electron chi connectivity index (χ4n) is 1.41. The van der Waals surface area contributed by atoms with Gasteiger partial charge in [0.05, 0.1) is 0 Å².